The van der Waals surface area contributed by atoms with Crippen molar-refractivity contribution in [1.29, 1.82) is 0 Å². The van der Waals surface area contributed by atoms with E-state index in [1.54, 1.807) is 35.7 Å². The van der Waals surface area contributed by atoms with Gasteiger partial charge in [-0.3, -0.25) is 4.79 Å². The standard InChI is InChI=1S/C27H23BrFN3O3/c1-17-26(33)31(15-18-3-13-23(34-2)14-4-18)27(35-17)24-16-32(22-11-7-20(28)8-12-22)30-25(24)19-5-9-21(29)10-6-19/h3-14,16-17,27H,15H2,1-2H3/t17-,27-/m0/s1. The Morgan fingerprint density at radius 3 is 2.37 bits per heavy atom. The number of carbonyl (C=O) groups excluding carboxylic acids is 1. The molecule has 2 heterocycles. The highest BCUT2D eigenvalue weighted by Crippen LogP contribution is 2.38. The van der Waals surface area contributed by atoms with Crippen LogP contribution in [0.2, 0.25) is 0 Å². The van der Waals surface area contributed by atoms with Crippen LogP contribution in [0.15, 0.2) is 83.5 Å². The van der Waals surface area contributed by atoms with Gasteiger partial charge in [0.2, 0.25) is 0 Å². The van der Waals surface area contributed by atoms with E-state index in [0.717, 1.165) is 32.6 Å². The summed E-state index contributed by atoms with van der Waals surface area (Å²) in [4.78, 5) is 14.8. The Balaban J connectivity index is 1.57. The summed E-state index contributed by atoms with van der Waals surface area (Å²) in [5.41, 5.74) is 3.88. The second kappa shape index (κ2) is 9.64. The summed E-state index contributed by atoms with van der Waals surface area (Å²) in [6, 6.07) is 21.5. The minimum Gasteiger partial charge on any atom is -0.497 e. The first kappa shape index (κ1) is 23.3. The topological polar surface area (TPSA) is 56.6 Å². The maximum Gasteiger partial charge on any atom is 0.254 e. The highest BCUT2D eigenvalue weighted by atomic mass is 79.9. The summed E-state index contributed by atoms with van der Waals surface area (Å²) in [7, 11) is 1.62. The molecule has 1 aromatic heterocycles. The van der Waals surface area contributed by atoms with E-state index in [0.29, 0.717) is 12.2 Å². The molecule has 2 atom stereocenters. The van der Waals surface area contributed by atoms with Gasteiger partial charge in [0.1, 0.15) is 23.4 Å². The molecule has 5 rings (SSSR count). The fraction of sp³-hybridized carbons (Fsp3) is 0.185. The number of halogens is 2. The van der Waals surface area contributed by atoms with Crippen molar-refractivity contribution in [2.24, 2.45) is 0 Å². The van der Waals surface area contributed by atoms with Crippen molar-refractivity contribution in [2.45, 2.75) is 25.8 Å². The zero-order valence-electron chi connectivity index (χ0n) is 19.2. The first-order valence-electron chi connectivity index (χ1n) is 11.1. The van der Waals surface area contributed by atoms with Gasteiger partial charge in [0.25, 0.3) is 5.91 Å². The number of carbonyl (C=O) groups is 1. The predicted octanol–water partition coefficient (Wildman–Crippen LogP) is 5.90. The smallest absolute Gasteiger partial charge is 0.254 e. The van der Waals surface area contributed by atoms with Crippen LogP contribution in [0.5, 0.6) is 5.75 Å². The van der Waals surface area contributed by atoms with Crippen molar-refractivity contribution in [3.63, 3.8) is 0 Å². The molecule has 35 heavy (non-hydrogen) atoms. The third-order valence-electron chi connectivity index (χ3n) is 5.98. The molecular weight excluding hydrogens is 513 g/mol. The molecule has 4 aromatic rings. The van der Waals surface area contributed by atoms with Gasteiger partial charge in [-0.2, -0.15) is 5.10 Å². The molecule has 0 unspecified atom stereocenters. The van der Waals surface area contributed by atoms with Crippen LogP contribution in [0.4, 0.5) is 4.39 Å². The predicted molar refractivity (Wildman–Crippen MR) is 133 cm³/mol. The first-order chi connectivity index (χ1) is 16.9. The third-order valence-corrected chi connectivity index (χ3v) is 6.51. The molecule has 1 aliphatic rings. The third kappa shape index (κ3) is 4.72. The average Bonchev–Trinajstić information content (AvgIpc) is 3.42. The molecule has 0 aliphatic carbocycles. The Bertz CT molecular complexity index is 1340. The Morgan fingerprint density at radius 1 is 1.03 bits per heavy atom. The van der Waals surface area contributed by atoms with Crippen LogP contribution in [0.3, 0.4) is 0 Å². The molecule has 0 N–H and O–H groups in total. The van der Waals surface area contributed by atoms with E-state index in [2.05, 4.69) is 15.9 Å². The van der Waals surface area contributed by atoms with Gasteiger partial charge in [0, 0.05) is 28.3 Å². The number of nitrogens with zero attached hydrogens (tertiary/aromatic N) is 3. The highest BCUT2D eigenvalue weighted by molar-refractivity contribution is 9.10. The van der Waals surface area contributed by atoms with Crippen molar-refractivity contribution < 1.29 is 18.7 Å². The van der Waals surface area contributed by atoms with Gasteiger partial charge in [-0.1, -0.05) is 28.1 Å². The zero-order valence-corrected chi connectivity index (χ0v) is 20.8. The van der Waals surface area contributed by atoms with Gasteiger partial charge in [0.05, 0.1) is 12.8 Å². The summed E-state index contributed by atoms with van der Waals surface area (Å²) >= 11 is 3.46. The number of methoxy groups -OCH3 is 1. The largest absolute Gasteiger partial charge is 0.497 e. The number of benzene rings is 3. The molecule has 1 amide bonds. The lowest BCUT2D eigenvalue weighted by atomic mass is 10.1. The summed E-state index contributed by atoms with van der Waals surface area (Å²) in [5, 5.41) is 4.81. The van der Waals surface area contributed by atoms with Crippen LogP contribution in [0.25, 0.3) is 16.9 Å². The molecule has 0 radical (unpaired) electrons. The maximum absolute atomic E-state index is 13.7. The van der Waals surface area contributed by atoms with Crippen molar-refractivity contribution in [2.75, 3.05) is 7.11 Å². The molecular formula is C27H23BrFN3O3. The van der Waals surface area contributed by atoms with E-state index in [1.807, 2.05) is 54.7 Å². The lowest BCUT2D eigenvalue weighted by Crippen LogP contribution is -2.29. The Morgan fingerprint density at radius 2 is 1.71 bits per heavy atom. The molecule has 1 aliphatic heterocycles. The molecule has 1 fully saturated rings. The summed E-state index contributed by atoms with van der Waals surface area (Å²) in [6.07, 6.45) is 0.623. The van der Waals surface area contributed by atoms with Gasteiger partial charge in [0.15, 0.2) is 6.23 Å². The lowest BCUT2D eigenvalue weighted by molar-refractivity contribution is -0.130. The second-order valence-electron chi connectivity index (χ2n) is 8.31. The SMILES string of the molecule is COc1ccc(CN2C(=O)[C@H](C)O[C@H]2c2cn(-c3ccc(Br)cc3)nc2-c2ccc(F)cc2)cc1. The molecule has 0 saturated carbocycles. The van der Waals surface area contributed by atoms with Crippen LogP contribution in [-0.2, 0) is 16.1 Å². The lowest BCUT2D eigenvalue weighted by Gasteiger charge is -2.23. The van der Waals surface area contributed by atoms with Crippen LogP contribution < -0.4 is 4.74 Å². The monoisotopic (exact) mass is 535 g/mol. The minimum absolute atomic E-state index is 0.104. The highest BCUT2D eigenvalue weighted by Gasteiger charge is 2.41. The molecule has 178 valence electrons. The van der Waals surface area contributed by atoms with Crippen molar-refractivity contribution >= 4 is 21.8 Å². The van der Waals surface area contributed by atoms with Crippen molar-refractivity contribution in [3.05, 3.63) is 100 Å². The quantitative estimate of drug-likeness (QED) is 0.308. The summed E-state index contributed by atoms with van der Waals surface area (Å²) in [6.45, 7) is 2.12. The van der Waals surface area contributed by atoms with Gasteiger partial charge >= 0.3 is 0 Å². The Kier molecular flexibility index (Phi) is 6.40. The second-order valence-corrected chi connectivity index (χ2v) is 9.22. The van der Waals surface area contributed by atoms with Gasteiger partial charge in [-0.05, 0) is 73.2 Å². The number of amides is 1. The van der Waals surface area contributed by atoms with Crippen LogP contribution in [0, 0.1) is 5.82 Å². The van der Waals surface area contributed by atoms with Crippen LogP contribution >= 0.6 is 15.9 Å². The summed E-state index contributed by atoms with van der Waals surface area (Å²) in [5.74, 6) is 0.314. The molecule has 3 aromatic carbocycles. The summed E-state index contributed by atoms with van der Waals surface area (Å²) < 4.78 is 27.8. The molecule has 0 bridgehead atoms. The average molecular weight is 536 g/mol. The van der Waals surface area contributed by atoms with E-state index in [1.165, 1.54) is 12.1 Å². The number of ether oxygens (including phenoxy) is 2. The van der Waals surface area contributed by atoms with Gasteiger partial charge < -0.3 is 14.4 Å². The fourth-order valence-corrected chi connectivity index (χ4v) is 4.39. The van der Waals surface area contributed by atoms with E-state index in [9.17, 15) is 9.18 Å². The zero-order chi connectivity index (χ0) is 24.5. The molecule has 8 heteroatoms. The molecule has 0 spiro atoms. The van der Waals surface area contributed by atoms with Crippen LogP contribution in [-0.4, -0.2) is 33.8 Å². The van der Waals surface area contributed by atoms with E-state index in [4.69, 9.17) is 14.6 Å². The van der Waals surface area contributed by atoms with E-state index in [-0.39, 0.29) is 11.7 Å². The van der Waals surface area contributed by atoms with E-state index < -0.39 is 12.3 Å². The number of aromatic nitrogens is 2. The number of hydrogen-bond donors (Lipinski definition) is 0. The Hall–Kier alpha value is -3.49. The number of hydrogen-bond acceptors (Lipinski definition) is 4. The minimum atomic E-state index is -0.649. The molecule has 1 saturated heterocycles. The Labute approximate surface area is 211 Å². The van der Waals surface area contributed by atoms with Gasteiger partial charge in [-0.15, -0.1) is 0 Å². The fourth-order valence-electron chi connectivity index (χ4n) is 4.13. The maximum atomic E-state index is 13.7. The molecule has 6 nitrogen and oxygen atoms in total. The van der Waals surface area contributed by atoms with Crippen molar-refractivity contribution in [3.8, 4) is 22.7 Å². The normalized spacial score (nSPS) is 17.7. The number of rotatable bonds is 6. The van der Waals surface area contributed by atoms with Gasteiger partial charge in [-0.25, -0.2) is 9.07 Å². The first-order valence-corrected chi connectivity index (χ1v) is 11.9. The van der Waals surface area contributed by atoms with Crippen LogP contribution in [0.1, 0.15) is 24.3 Å². The van der Waals surface area contributed by atoms with Crippen molar-refractivity contribution in [1.82, 2.24) is 14.7 Å². The van der Waals surface area contributed by atoms with E-state index >= 15 is 0 Å².